The molecule has 100 valence electrons. The summed E-state index contributed by atoms with van der Waals surface area (Å²) in [7, 11) is 0. The molecule has 1 aromatic carbocycles. The monoisotopic (exact) mass is 257 g/mol. The molecule has 0 bridgehead atoms. The lowest BCUT2D eigenvalue weighted by Gasteiger charge is -2.17. The van der Waals surface area contributed by atoms with Crippen molar-refractivity contribution in [3.05, 3.63) is 47.9 Å². The van der Waals surface area contributed by atoms with E-state index < -0.39 is 0 Å². The lowest BCUT2D eigenvalue weighted by atomic mass is 10.2. The maximum atomic E-state index is 4.79. The molecule has 2 heterocycles. The zero-order chi connectivity index (χ0) is 12.9. The predicted octanol–water partition coefficient (Wildman–Crippen LogP) is 2.56. The second-order valence-electron chi connectivity index (χ2n) is 4.95. The number of hydrogen-bond donors (Lipinski definition) is 1. The lowest BCUT2D eigenvalue weighted by molar-refractivity contribution is 0.408. The third-order valence-electron chi connectivity index (χ3n) is 3.53. The highest BCUT2D eigenvalue weighted by molar-refractivity contribution is 5.48. The molecule has 4 heteroatoms. The summed E-state index contributed by atoms with van der Waals surface area (Å²) in [6.07, 6.45) is 4.24. The van der Waals surface area contributed by atoms with Crippen molar-refractivity contribution in [3.8, 4) is 0 Å². The van der Waals surface area contributed by atoms with Gasteiger partial charge in [-0.3, -0.25) is 0 Å². The van der Waals surface area contributed by atoms with Gasteiger partial charge >= 0.3 is 0 Å². The molecule has 1 saturated heterocycles. The van der Waals surface area contributed by atoms with E-state index in [9.17, 15) is 0 Å². The van der Waals surface area contributed by atoms with Crippen LogP contribution in [0.25, 0.3) is 0 Å². The van der Waals surface area contributed by atoms with E-state index in [1.807, 2.05) is 6.07 Å². The molecule has 1 aliphatic rings. The Hall–Kier alpha value is -1.81. The normalized spacial score (nSPS) is 15.1. The van der Waals surface area contributed by atoms with Crippen LogP contribution in [0.3, 0.4) is 0 Å². The van der Waals surface area contributed by atoms with E-state index in [1.54, 1.807) is 6.26 Å². The number of benzene rings is 1. The van der Waals surface area contributed by atoms with Crippen LogP contribution in [-0.2, 0) is 13.1 Å². The van der Waals surface area contributed by atoms with Crippen LogP contribution in [0.2, 0.25) is 0 Å². The minimum atomic E-state index is 0.740. The van der Waals surface area contributed by atoms with Gasteiger partial charge in [0.1, 0.15) is 6.26 Å². The van der Waals surface area contributed by atoms with Gasteiger partial charge in [0.15, 0.2) is 0 Å². The third kappa shape index (κ3) is 3.15. The van der Waals surface area contributed by atoms with Gasteiger partial charge in [0.05, 0.1) is 5.69 Å². The average Bonchev–Trinajstić information content (AvgIpc) is 3.13. The molecule has 0 amide bonds. The largest absolute Gasteiger partial charge is 0.372 e. The van der Waals surface area contributed by atoms with Crippen molar-refractivity contribution in [3.63, 3.8) is 0 Å². The molecular weight excluding hydrogens is 238 g/mol. The first-order valence-electron chi connectivity index (χ1n) is 6.86. The van der Waals surface area contributed by atoms with Crippen LogP contribution < -0.4 is 10.2 Å². The summed E-state index contributed by atoms with van der Waals surface area (Å²) < 4.78 is 4.79. The molecule has 3 rings (SSSR count). The Morgan fingerprint density at radius 3 is 2.53 bits per heavy atom. The van der Waals surface area contributed by atoms with E-state index in [-0.39, 0.29) is 0 Å². The second-order valence-corrected chi connectivity index (χ2v) is 4.95. The molecule has 0 spiro atoms. The van der Waals surface area contributed by atoms with Crippen LogP contribution in [0, 0.1) is 0 Å². The molecule has 0 unspecified atom stereocenters. The van der Waals surface area contributed by atoms with Crippen molar-refractivity contribution in [1.82, 2.24) is 10.5 Å². The summed E-state index contributed by atoms with van der Waals surface area (Å²) in [5.74, 6) is 0. The van der Waals surface area contributed by atoms with Crippen molar-refractivity contribution in [2.45, 2.75) is 25.9 Å². The molecule has 1 fully saturated rings. The molecule has 2 aromatic rings. The molecular formula is C15H19N3O. The Kier molecular flexibility index (Phi) is 3.79. The third-order valence-corrected chi connectivity index (χ3v) is 3.53. The van der Waals surface area contributed by atoms with E-state index in [2.05, 4.69) is 39.6 Å². The highest BCUT2D eigenvalue weighted by atomic mass is 16.5. The molecule has 1 N–H and O–H groups in total. The van der Waals surface area contributed by atoms with Gasteiger partial charge < -0.3 is 14.7 Å². The first kappa shape index (κ1) is 12.2. The zero-order valence-corrected chi connectivity index (χ0v) is 11.0. The summed E-state index contributed by atoms with van der Waals surface area (Å²) >= 11 is 0. The number of aromatic nitrogens is 1. The fraction of sp³-hybridized carbons (Fsp3) is 0.400. The Bertz CT molecular complexity index is 487. The van der Waals surface area contributed by atoms with Gasteiger partial charge in [-0.15, -0.1) is 0 Å². The predicted molar refractivity (Wildman–Crippen MR) is 74.9 cm³/mol. The summed E-state index contributed by atoms with van der Waals surface area (Å²) in [5, 5.41) is 7.23. The SMILES string of the molecule is c1cc(CNCc2ccc(N3CCCC3)cc2)no1. The first-order valence-corrected chi connectivity index (χ1v) is 6.86. The van der Waals surface area contributed by atoms with Crippen molar-refractivity contribution >= 4 is 5.69 Å². The van der Waals surface area contributed by atoms with Gasteiger partial charge in [-0.25, -0.2) is 0 Å². The van der Waals surface area contributed by atoms with Gasteiger partial charge in [-0.05, 0) is 30.5 Å². The van der Waals surface area contributed by atoms with Gasteiger partial charge in [-0.1, -0.05) is 17.3 Å². The number of anilines is 1. The number of nitrogens with one attached hydrogen (secondary N) is 1. The Balaban J connectivity index is 1.51. The standard InChI is InChI=1S/C15H19N3O/c1-2-9-18(8-1)15-5-3-13(4-6-15)11-16-12-14-7-10-19-17-14/h3-7,10,16H,1-2,8-9,11-12H2. The van der Waals surface area contributed by atoms with Crippen LogP contribution in [0.1, 0.15) is 24.1 Å². The van der Waals surface area contributed by atoms with E-state index in [4.69, 9.17) is 4.52 Å². The summed E-state index contributed by atoms with van der Waals surface area (Å²) in [4.78, 5) is 2.45. The van der Waals surface area contributed by atoms with Crippen LogP contribution in [0.4, 0.5) is 5.69 Å². The highest BCUT2D eigenvalue weighted by Gasteiger charge is 2.11. The fourth-order valence-electron chi connectivity index (χ4n) is 2.46. The van der Waals surface area contributed by atoms with E-state index in [0.717, 1.165) is 18.8 Å². The van der Waals surface area contributed by atoms with E-state index in [1.165, 1.54) is 37.2 Å². The molecule has 0 saturated carbocycles. The molecule has 1 aromatic heterocycles. The molecule has 1 aliphatic heterocycles. The fourth-order valence-corrected chi connectivity index (χ4v) is 2.46. The van der Waals surface area contributed by atoms with Gasteiger partial charge in [0, 0.05) is 37.9 Å². The summed E-state index contributed by atoms with van der Waals surface area (Å²) in [6.45, 7) is 3.99. The smallest absolute Gasteiger partial charge is 0.124 e. The Morgan fingerprint density at radius 1 is 1.05 bits per heavy atom. The summed E-state index contributed by atoms with van der Waals surface area (Å²) in [6, 6.07) is 10.7. The van der Waals surface area contributed by atoms with Crippen LogP contribution in [0.5, 0.6) is 0 Å². The Morgan fingerprint density at radius 2 is 1.84 bits per heavy atom. The number of hydrogen-bond acceptors (Lipinski definition) is 4. The molecule has 4 nitrogen and oxygen atoms in total. The van der Waals surface area contributed by atoms with Crippen LogP contribution >= 0.6 is 0 Å². The van der Waals surface area contributed by atoms with E-state index in [0.29, 0.717) is 0 Å². The lowest BCUT2D eigenvalue weighted by Crippen LogP contribution is -2.17. The number of nitrogens with zero attached hydrogens (tertiary/aromatic N) is 2. The Labute approximate surface area is 113 Å². The minimum absolute atomic E-state index is 0.740. The van der Waals surface area contributed by atoms with Crippen LogP contribution in [0.15, 0.2) is 41.1 Å². The quantitative estimate of drug-likeness (QED) is 0.894. The molecule has 0 aliphatic carbocycles. The highest BCUT2D eigenvalue weighted by Crippen LogP contribution is 2.20. The first-order chi connectivity index (χ1) is 9.42. The van der Waals surface area contributed by atoms with Crippen molar-refractivity contribution in [2.75, 3.05) is 18.0 Å². The second kappa shape index (κ2) is 5.89. The van der Waals surface area contributed by atoms with Crippen molar-refractivity contribution < 1.29 is 4.52 Å². The minimum Gasteiger partial charge on any atom is -0.372 e. The maximum Gasteiger partial charge on any atom is 0.124 e. The molecule has 0 atom stereocenters. The van der Waals surface area contributed by atoms with Gasteiger partial charge in [0.2, 0.25) is 0 Å². The average molecular weight is 257 g/mol. The zero-order valence-electron chi connectivity index (χ0n) is 11.0. The number of rotatable bonds is 5. The van der Waals surface area contributed by atoms with Crippen molar-refractivity contribution in [2.24, 2.45) is 0 Å². The topological polar surface area (TPSA) is 41.3 Å². The van der Waals surface area contributed by atoms with Crippen molar-refractivity contribution in [1.29, 1.82) is 0 Å². The van der Waals surface area contributed by atoms with Gasteiger partial charge in [-0.2, -0.15) is 0 Å². The van der Waals surface area contributed by atoms with Gasteiger partial charge in [0.25, 0.3) is 0 Å². The van der Waals surface area contributed by atoms with E-state index >= 15 is 0 Å². The maximum absolute atomic E-state index is 4.79. The summed E-state index contributed by atoms with van der Waals surface area (Å²) in [5.41, 5.74) is 3.58. The molecule has 19 heavy (non-hydrogen) atoms. The molecule has 0 radical (unpaired) electrons. The van der Waals surface area contributed by atoms with Crippen LogP contribution in [-0.4, -0.2) is 18.2 Å².